The molecule has 130 heavy (non-hydrogen) atoms. The van der Waals surface area contributed by atoms with E-state index in [9.17, 15) is 14.4 Å². The van der Waals surface area contributed by atoms with E-state index < -0.39 is 34.5 Å². The van der Waals surface area contributed by atoms with Crippen molar-refractivity contribution in [2.45, 2.75) is 266 Å². The summed E-state index contributed by atoms with van der Waals surface area (Å²) in [6.07, 6.45) is 31.0. The van der Waals surface area contributed by atoms with Crippen LogP contribution in [0, 0.1) is 40.6 Å². The number of aromatic amines is 3. The van der Waals surface area contributed by atoms with Gasteiger partial charge in [0.15, 0.2) is 17.5 Å². The maximum atomic E-state index is 15.2. The van der Waals surface area contributed by atoms with Gasteiger partial charge in [0.25, 0.3) is 0 Å². The van der Waals surface area contributed by atoms with Gasteiger partial charge in [0.1, 0.15) is 16.9 Å². The number of amidine groups is 2. The standard InChI is InChI=1S/C36H46ClFN6O.C35H44ClFN6O.C33H39ClFN5O/c1-5-18-43-28(16-17-40-24(4)39)10-7-11-33(43)26-12-14-29(15-13-26)44-22-27-21-32(41-35(27)42-36(44)45)30-19-25(9-6-8-23(2)3)20-31(37)34(30)38;1-4-7-32(38)39-17-16-26-10-6-11-30(40-26)24-12-14-27(15-13-24)43-21-25-20-31(41-34(25)42-35(43)44)28-18-23(9-5-8-22(2)3)19-29(36)33(28)37;1-20(2)6-4-7-22-16-27(31(35)28(34)17-22)30-18-24-19-40(33(41)39-32(24)38-30)26-14-11-23(12-15-26)29-9-5-8-25(37-29)13-10-21(3)36/h12-15,19-23,28,33H,5-11,16-18H2,1-4H3,(H2,39,40)(H,41,42,45);12-15,18-22,26,30,40H,4-11,16-17H2,1-3H3,(H2,38,39)(H,41,42,44);11-12,14-20,25,29,36-37H,4-10,13H2,1-3H3,(H,38,39,41)/t28-,33-;26-,30-;25-,29-/m000/s1. The third kappa shape index (κ3) is 25.5. The van der Waals surface area contributed by atoms with E-state index in [1.807, 2.05) is 86.6 Å². The van der Waals surface area contributed by atoms with E-state index in [0.29, 0.717) is 115 Å². The highest BCUT2D eigenvalue weighted by molar-refractivity contribution is 6.32. The summed E-state index contributed by atoms with van der Waals surface area (Å²) >= 11 is 18.9. The highest BCUT2D eigenvalue weighted by Gasteiger charge is 2.32. The lowest BCUT2D eigenvalue weighted by Gasteiger charge is -2.42. The van der Waals surface area contributed by atoms with Crippen LogP contribution in [0.3, 0.4) is 0 Å². The summed E-state index contributed by atoms with van der Waals surface area (Å²) in [6, 6.07) is 42.6. The third-order valence-electron chi connectivity index (χ3n) is 25.4. The van der Waals surface area contributed by atoms with Crippen molar-refractivity contribution in [3.05, 3.63) is 243 Å². The number of halogens is 6. The first-order valence-electron chi connectivity index (χ1n) is 47.0. The van der Waals surface area contributed by atoms with Crippen LogP contribution in [0.25, 0.3) is 83.9 Å². The number of rotatable bonds is 34. The molecule has 0 unspecified atom stereocenters. The van der Waals surface area contributed by atoms with Crippen molar-refractivity contribution >= 4 is 85.3 Å². The Bertz CT molecular complexity index is 6100. The molecule has 0 amide bonds. The molecule has 6 aromatic heterocycles. The zero-order chi connectivity index (χ0) is 92.4. The van der Waals surface area contributed by atoms with Gasteiger partial charge in [0.05, 0.1) is 60.9 Å². The van der Waals surface area contributed by atoms with E-state index in [2.05, 4.69) is 147 Å². The number of likely N-dealkylation sites (tertiary alicyclic amines) is 1. The Morgan fingerprint density at radius 2 is 0.854 bits per heavy atom. The minimum Gasteiger partial charge on any atom is -0.388 e. The Kier molecular flexibility index (Phi) is 34.2. The molecule has 3 aliphatic rings. The number of fused-ring (bicyclic) bond motifs is 3. The second-order valence-electron chi connectivity index (χ2n) is 37.2. The van der Waals surface area contributed by atoms with Gasteiger partial charge < -0.3 is 42.5 Å². The fourth-order valence-electron chi connectivity index (χ4n) is 18.6. The van der Waals surface area contributed by atoms with E-state index >= 15 is 13.2 Å². The van der Waals surface area contributed by atoms with Gasteiger partial charge in [-0.3, -0.25) is 28.6 Å². The molecule has 0 radical (unpaired) electrons. The first-order chi connectivity index (χ1) is 62.5. The molecule has 3 saturated heterocycles. The topological polar surface area (TPSA) is 280 Å². The number of hydrogen-bond acceptors (Lipinski definition) is 12. The lowest BCUT2D eigenvalue weighted by Crippen LogP contribution is -2.42. The Labute approximate surface area is 777 Å². The highest BCUT2D eigenvalue weighted by atomic mass is 35.5. The molecule has 690 valence electrons. The average molecular weight is 1830 g/mol. The molecule has 0 spiro atoms. The van der Waals surface area contributed by atoms with Crippen LogP contribution in [-0.4, -0.2) is 104 Å². The molecule has 20 nitrogen and oxygen atoms in total. The van der Waals surface area contributed by atoms with Crippen molar-refractivity contribution in [1.82, 2.24) is 59.1 Å². The number of hydrogen-bond donors (Lipinski definition) is 8. The van der Waals surface area contributed by atoms with Crippen LogP contribution in [0.1, 0.15) is 262 Å². The van der Waals surface area contributed by atoms with Crippen molar-refractivity contribution in [3.8, 4) is 50.8 Å². The Morgan fingerprint density at radius 1 is 0.477 bits per heavy atom. The van der Waals surface area contributed by atoms with Gasteiger partial charge >= 0.3 is 17.1 Å². The van der Waals surface area contributed by atoms with Crippen LogP contribution in [0.5, 0.6) is 0 Å². The van der Waals surface area contributed by atoms with Gasteiger partial charge in [-0.2, -0.15) is 15.0 Å². The largest absolute Gasteiger partial charge is 0.388 e. The maximum Gasteiger partial charge on any atom is 0.354 e. The van der Waals surface area contributed by atoms with Crippen molar-refractivity contribution in [2.75, 3.05) is 19.6 Å². The molecule has 0 bridgehead atoms. The average Bonchev–Trinajstić information content (AvgIpc) is 1.65. The molecule has 9 heterocycles. The first kappa shape index (κ1) is 97.3. The number of H-pyrrole nitrogens is 3. The number of nitrogens with zero attached hydrogens (tertiary/aromatic N) is 9. The van der Waals surface area contributed by atoms with Gasteiger partial charge in [0.2, 0.25) is 0 Å². The minimum atomic E-state index is -0.483. The summed E-state index contributed by atoms with van der Waals surface area (Å²) in [6.45, 7) is 23.7. The molecule has 15 rings (SSSR count). The summed E-state index contributed by atoms with van der Waals surface area (Å²) in [5.74, 6) is 1.76. The fraction of sp³-hybridized carbons (Fsp3) is 0.452. The summed E-state index contributed by atoms with van der Waals surface area (Å²) < 4.78 is 50.1. The van der Waals surface area contributed by atoms with Gasteiger partial charge in [0, 0.05) is 113 Å². The molecular formula is C104H129Cl3F3N17O3. The van der Waals surface area contributed by atoms with Crippen LogP contribution in [-0.2, 0) is 19.3 Å². The second kappa shape index (κ2) is 45.7. The number of piperidine rings is 3. The van der Waals surface area contributed by atoms with E-state index in [-0.39, 0.29) is 27.2 Å². The fourth-order valence-corrected chi connectivity index (χ4v) is 19.3. The Morgan fingerprint density at radius 3 is 1.22 bits per heavy atom. The van der Waals surface area contributed by atoms with Crippen LogP contribution < -0.4 is 39.2 Å². The Hall–Kier alpha value is -10.3. The van der Waals surface area contributed by atoms with Crippen LogP contribution in [0.2, 0.25) is 15.1 Å². The molecule has 12 aromatic rings. The van der Waals surface area contributed by atoms with E-state index in [4.69, 9.17) is 51.7 Å². The molecule has 0 aliphatic carbocycles. The zero-order valence-corrected chi connectivity index (χ0v) is 79.3. The molecule has 26 heteroatoms. The molecule has 6 aromatic carbocycles. The van der Waals surface area contributed by atoms with E-state index in [1.54, 1.807) is 41.4 Å². The van der Waals surface area contributed by atoms with Crippen molar-refractivity contribution in [2.24, 2.45) is 39.2 Å². The van der Waals surface area contributed by atoms with Crippen LogP contribution in [0.15, 0.2) is 170 Å². The van der Waals surface area contributed by atoms with Crippen molar-refractivity contribution in [3.63, 3.8) is 0 Å². The normalized spacial score (nSPS) is 17.6. The molecule has 3 fully saturated rings. The first-order valence-corrected chi connectivity index (χ1v) is 48.2. The molecule has 6 atom stereocenters. The lowest BCUT2D eigenvalue weighted by molar-refractivity contribution is 0.0784. The molecule has 0 saturated carbocycles. The minimum absolute atomic E-state index is 0.0944. The van der Waals surface area contributed by atoms with Crippen LogP contribution >= 0.6 is 34.8 Å². The monoisotopic (exact) mass is 1830 g/mol. The summed E-state index contributed by atoms with van der Waals surface area (Å²) in [5, 5.41) is 17.7. The van der Waals surface area contributed by atoms with Gasteiger partial charge in [-0.25, -0.2) is 27.6 Å². The quantitative estimate of drug-likeness (QED) is 0.0139. The second-order valence-corrected chi connectivity index (χ2v) is 38.4. The van der Waals surface area contributed by atoms with Gasteiger partial charge in [-0.05, 0) is 285 Å². The summed E-state index contributed by atoms with van der Waals surface area (Å²) in [4.78, 5) is 73.1. The number of aryl methyl sites for hydroxylation is 3. The van der Waals surface area contributed by atoms with E-state index in [1.165, 1.54) is 38.7 Å². The molecule has 10 N–H and O–H groups in total. The number of benzene rings is 6. The van der Waals surface area contributed by atoms with Crippen molar-refractivity contribution < 1.29 is 13.2 Å². The van der Waals surface area contributed by atoms with Crippen LogP contribution in [0.4, 0.5) is 13.2 Å². The number of aliphatic imine (C=N–C) groups is 2. The maximum absolute atomic E-state index is 15.2. The highest BCUT2D eigenvalue weighted by Crippen LogP contribution is 2.40. The summed E-state index contributed by atoms with van der Waals surface area (Å²) in [7, 11) is 0. The van der Waals surface area contributed by atoms with E-state index in [0.717, 1.165) is 213 Å². The van der Waals surface area contributed by atoms with Gasteiger partial charge in [-0.1, -0.05) is 159 Å². The molecule has 3 aliphatic heterocycles. The number of aromatic nitrogens is 9. The van der Waals surface area contributed by atoms with Crippen molar-refractivity contribution in [1.29, 1.82) is 5.41 Å². The third-order valence-corrected chi connectivity index (χ3v) is 26.2. The van der Waals surface area contributed by atoms with Gasteiger partial charge in [-0.15, -0.1) is 0 Å². The summed E-state index contributed by atoms with van der Waals surface area (Å²) in [5.41, 5.74) is 24.1. The Balaban J connectivity index is 0.000000166. The predicted molar refractivity (Wildman–Crippen MR) is 529 cm³/mol. The zero-order valence-electron chi connectivity index (χ0n) is 77.0. The molecular weight excluding hydrogens is 1700 g/mol. The SMILES string of the molecule is CC(=N)CC[C@@H]1CCC[C@@H](c2ccc(-n3cc4cc(-c5cc(CCCC(C)C)cc(Cl)c5F)[nH]c4nc3=O)cc2)N1.CCCC(N)=NCC[C@@H]1CCC[C@@H](c2ccc(-n3cc4cc(-c5cc(CCCC(C)C)cc(Cl)c5F)[nH]c4nc3=O)cc2)N1.CCCN1[C@H](CCN=C(C)N)CCC[C@H]1c1ccc(-n2cc3cc(-c4cc(CCCC(C)C)cc(Cl)c4F)[nH]c3nc2=O)cc1. The number of nitrogens with two attached hydrogens (primary N) is 2. The number of nitrogens with one attached hydrogen (secondary N) is 6. The predicted octanol–water partition coefficient (Wildman–Crippen LogP) is 24.3. The lowest BCUT2D eigenvalue weighted by atomic mass is 9.89. The smallest absolute Gasteiger partial charge is 0.354 e.